The Hall–Kier alpha value is -2.91. The minimum Gasteiger partial charge on any atom is -0.454 e. The van der Waals surface area contributed by atoms with Gasteiger partial charge in [-0.25, -0.2) is 4.79 Å². The zero-order chi connectivity index (χ0) is 17.3. The van der Waals surface area contributed by atoms with Crippen molar-refractivity contribution in [3.05, 3.63) is 50.7 Å². The molecule has 1 aromatic heterocycles. The number of halogens is 3. The van der Waals surface area contributed by atoms with E-state index in [1.54, 1.807) is 18.2 Å². The highest BCUT2D eigenvalue weighted by molar-refractivity contribution is 5.45. The van der Waals surface area contributed by atoms with Gasteiger partial charge in [-0.1, -0.05) is 6.07 Å². The number of benzene rings is 1. The molecule has 0 fully saturated rings. The van der Waals surface area contributed by atoms with Crippen LogP contribution in [0.3, 0.4) is 0 Å². The highest BCUT2D eigenvalue weighted by Gasteiger charge is 2.29. The van der Waals surface area contributed by atoms with E-state index in [9.17, 15) is 22.8 Å². The van der Waals surface area contributed by atoms with Crippen LogP contribution in [0.25, 0.3) is 0 Å². The van der Waals surface area contributed by atoms with E-state index in [-0.39, 0.29) is 23.7 Å². The summed E-state index contributed by atoms with van der Waals surface area (Å²) in [5, 5.41) is 2.78. The molecule has 7 nitrogen and oxygen atoms in total. The van der Waals surface area contributed by atoms with Crippen LogP contribution in [-0.2, 0) is 13.1 Å². The van der Waals surface area contributed by atoms with E-state index >= 15 is 0 Å². The highest BCUT2D eigenvalue weighted by Crippen LogP contribution is 2.32. The van der Waals surface area contributed by atoms with Gasteiger partial charge in [-0.3, -0.25) is 14.3 Å². The van der Waals surface area contributed by atoms with Gasteiger partial charge in [-0.15, -0.1) is 0 Å². The summed E-state index contributed by atoms with van der Waals surface area (Å²) in [4.78, 5) is 25.5. The molecule has 3 rings (SSSR count). The van der Waals surface area contributed by atoms with E-state index in [1.165, 1.54) is 0 Å². The quantitative estimate of drug-likeness (QED) is 0.877. The summed E-state index contributed by atoms with van der Waals surface area (Å²) in [6.07, 6.45) is -4.65. The van der Waals surface area contributed by atoms with Crippen LogP contribution in [0.4, 0.5) is 19.0 Å². The van der Waals surface area contributed by atoms with Crippen LogP contribution in [-0.4, -0.2) is 22.5 Å². The predicted octanol–water partition coefficient (Wildman–Crippen LogP) is 1.44. The Balaban J connectivity index is 1.74. The topological polar surface area (TPSA) is 85.3 Å². The Labute approximate surface area is 132 Å². The number of nitrogens with zero attached hydrogens (tertiary/aromatic N) is 1. The second-order valence-electron chi connectivity index (χ2n) is 5.07. The average Bonchev–Trinajstić information content (AvgIpc) is 2.95. The van der Waals surface area contributed by atoms with E-state index in [1.807, 2.05) is 0 Å². The first-order valence-corrected chi connectivity index (χ1v) is 6.85. The van der Waals surface area contributed by atoms with Crippen molar-refractivity contribution in [3.63, 3.8) is 0 Å². The molecule has 1 aromatic carbocycles. The molecule has 2 aromatic rings. The van der Waals surface area contributed by atoms with E-state index in [0.717, 1.165) is 11.6 Å². The molecular formula is C14H12F3N3O4. The number of ether oxygens (including phenoxy) is 2. The second-order valence-corrected chi connectivity index (χ2v) is 5.07. The van der Waals surface area contributed by atoms with Crippen molar-refractivity contribution in [3.8, 4) is 11.5 Å². The summed E-state index contributed by atoms with van der Waals surface area (Å²) in [6.45, 7) is -1.27. The summed E-state index contributed by atoms with van der Waals surface area (Å²) in [5.41, 5.74) is -1.39. The fraction of sp³-hybridized carbons (Fsp3) is 0.286. The molecule has 0 saturated carbocycles. The van der Waals surface area contributed by atoms with Gasteiger partial charge in [0.15, 0.2) is 11.5 Å². The van der Waals surface area contributed by atoms with Crippen molar-refractivity contribution < 1.29 is 22.6 Å². The number of aromatic amines is 1. The number of fused-ring (bicyclic) bond motifs is 1. The molecule has 0 saturated heterocycles. The van der Waals surface area contributed by atoms with E-state index in [0.29, 0.717) is 11.5 Å². The molecule has 0 unspecified atom stereocenters. The SMILES string of the molecule is O=c1cc(NCc2ccc3c(c2)OCO3)[nH]c(=O)n1CC(F)(F)F. The number of rotatable bonds is 4. The van der Waals surface area contributed by atoms with E-state index in [4.69, 9.17) is 9.47 Å². The zero-order valence-corrected chi connectivity index (χ0v) is 12.1. The first-order valence-electron chi connectivity index (χ1n) is 6.85. The van der Waals surface area contributed by atoms with Crippen LogP contribution >= 0.6 is 0 Å². The lowest BCUT2D eigenvalue weighted by molar-refractivity contribution is -0.141. The Morgan fingerprint density at radius 1 is 1.17 bits per heavy atom. The van der Waals surface area contributed by atoms with Crippen LogP contribution in [0.1, 0.15) is 5.56 Å². The number of hydrogen-bond acceptors (Lipinski definition) is 5. The largest absolute Gasteiger partial charge is 0.454 e. The number of hydrogen-bond donors (Lipinski definition) is 2. The van der Waals surface area contributed by atoms with Gasteiger partial charge in [0, 0.05) is 12.6 Å². The number of aromatic nitrogens is 2. The number of anilines is 1. The van der Waals surface area contributed by atoms with Crippen LogP contribution in [0.2, 0.25) is 0 Å². The van der Waals surface area contributed by atoms with Crippen LogP contribution < -0.4 is 26.0 Å². The maximum atomic E-state index is 12.3. The highest BCUT2D eigenvalue weighted by atomic mass is 19.4. The Morgan fingerprint density at radius 2 is 1.92 bits per heavy atom. The Morgan fingerprint density at radius 3 is 2.62 bits per heavy atom. The van der Waals surface area contributed by atoms with Crippen molar-refractivity contribution >= 4 is 5.82 Å². The van der Waals surface area contributed by atoms with Gasteiger partial charge in [-0.05, 0) is 17.7 Å². The molecule has 2 N–H and O–H groups in total. The minimum atomic E-state index is -4.65. The molecule has 2 heterocycles. The van der Waals surface area contributed by atoms with Crippen molar-refractivity contribution in [2.75, 3.05) is 12.1 Å². The average molecular weight is 343 g/mol. The standard InChI is InChI=1S/C14H12F3N3O4/c15-14(16,17)6-20-12(21)4-11(19-13(20)22)18-5-8-1-2-9-10(3-8)24-7-23-9/h1-4,18H,5-7H2,(H,19,22). The van der Waals surface area contributed by atoms with Crippen LogP contribution in [0, 0.1) is 0 Å². The first-order chi connectivity index (χ1) is 11.3. The summed E-state index contributed by atoms with van der Waals surface area (Å²) in [7, 11) is 0. The van der Waals surface area contributed by atoms with Gasteiger partial charge >= 0.3 is 11.9 Å². The third-order valence-electron chi connectivity index (χ3n) is 3.28. The molecule has 0 amide bonds. The van der Waals surface area contributed by atoms with Gasteiger partial charge in [-0.2, -0.15) is 13.2 Å². The maximum absolute atomic E-state index is 12.3. The van der Waals surface area contributed by atoms with Gasteiger partial charge < -0.3 is 14.8 Å². The maximum Gasteiger partial charge on any atom is 0.406 e. The number of alkyl halides is 3. The number of H-pyrrole nitrogens is 1. The fourth-order valence-corrected chi connectivity index (χ4v) is 2.19. The molecule has 10 heteroatoms. The molecule has 1 aliphatic heterocycles. The molecular weight excluding hydrogens is 331 g/mol. The lowest BCUT2D eigenvalue weighted by Gasteiger charge is -2.10. The van der Waals surface area contributed by atoms with Crippen LogP contribution in [0.15, 0.2) is 33.9 Å². The molecule has 1 aliphatic rings. The first kappa shape index (κ1) is 16.0. The monoisotopic (exact) mass is 343 g/mol. The number of nitrogens with one attached hydrogen (secondary N) is 2. The summed E-state index contributed by atoms with van der Waals surface area (Å²) >= 11 is 0. The zero-order valence-electron chi connectivity index (χ0n) is 12.1. The smallest absolute Gasteiger partial charge is 0.406 e. The molecule has 0 atom stereocenters. The van der Waals surface area contributed by atoms with Crippen molar-refractivity contribution in [1.29, 1.82) is 0 Å². The van der Waals surface area contributed by atoms with Gasteiger partial charge in [0.05, 0.1) is 0 Å². The van der Waals surface area contributed by atoms with Gasteiger partial charge in [0.2, 0.25) is 6.79 Å². The third kappa shape index (κ3) is 3.53. The summed E-state index contributed by atoms with van der Waals surface area (Å²) in [5.74, 6) is 1.21. The Bertz CT molecular complexity index is 842. The minimum absolute atomic E-state index is 0.0288. The van der Waals surface area contributed by atoms with Gasteiger partial charge in [0.1, 0.15) is 12.4 Å². The lowest BCUT2D eigenvalue weighted by atomic mass is 10.2. The molecule has 24 heavy (non-hydrogen) atoms. The molecule has 0 spiro atoms. The van der Waals surface area contributed by atoms with Crippen LogP contribution in [0.5, 0.6) is 11.5 Å². The summed E-state index contributed by atoms with van der Waals surface area (Å²) in [6, 6.07) is 6.09. The van der Waals surface area contributed by atoms with Crippen molar-refractivity contribution in [2.45, 2.75) is 19.3 Å². The summed E-state index contributed by atoms with van der Waals surface area (Å²) < 4.78 is 47.5. The lowest BCUT2D eigenvalue weighted by Crippen LogP contribution is -2.39. The normalized spacial score (nSPS) is 13.1. The van der Waals surface area contributed by atoms with E-state index < -0.39 is 24.0 Å². The molecule has 0 bridgehead atoms. The Kier molecular flexibility index (Phi) is 3.96. The fourth-order valence-electron chi connectivity index (χ4n) is 2.19. The van der Waals surface area contributed by atoms with E-state index in [2.05, 4.69) is 10.3 Å². The molecule has 0 radical (unpaired) electrons. The second kappa shape index (κ2) is 5.95. The molecule has 0 aliphatic carbocycles. The molecule has 128 valence electrons. The van der Waals surface area contributed by atoms with Gasteiger partial charge in [0.25, 0.3) is 5.56 Å². The van der Waals surface area contributed by atoms with Crippen molar-refractivity contribution in [1.82, 2.24) is 9.55 Å². The van der Waals surface area contributed by atoms with Crippen molar-refractivity contribution in [2.24, 2.45) is 0 Å². The third-order valence-corrected chi connectivity index (χ3v) is 3.28. The predicted molar refractivity (Wildman–Crippen MR) is 77.3 cm³/mol.